The first-order valence-corrected chi connectivity index (χ1v) is 6.17. The Labute approximate surface area is 108 Å². The van der Waals surface area contributed by atoms with E-state index in [4.69, 9.17) is 15.2 Å². The maximum atomic E-state index is 11.3. The van der Waals surface area contributed by atoms with Gasteiger partial charge in [0.05, 0.1) is 13.2 Å². The van der Waals surface area contributed by atoms with Crippen molar-refractivity contribution in [2.24, 2.45) is 5.73 Å². The van der Waals surface area contributed by atoms with Crippen LogP contribution in [0.4, 0.5) is 0 Å². The highest BCUT2D eigenvalue weighted by Gasteiger charge is 2.14. The normalized spacial score (nSPS) is 12.0. The van der Waals surface area contributed by atoms with E-state index in [0.717, 1.165) is 11.3 Å². The van der Waals surface area contributed by atoms with Crippen LogP contribution >= 0.6 is 0 Å². The van der Waals surface area contributed by atoms with Gasteiger partial charge in [0, 0.05) is 6.42 Å². The highest BCUT2D eigenvalue weighted by atomic mass is 16.5. The molecule has 0 radical (unpaired) electrons. The van der Waals surface area contributed by atoms with Crippen LogP contribution in [0.25, 0.3) is 0 Å². The number of aryl methyl sites for hydroxylation is 1. The molecular weight excluding hydrogens is 230 g/mol. The van der Waals surface area contributed by atoms with Crippen LogP contribution < -0.4 is 10.5 Å². The van der Waals surface area contributed by atoms with E-state index in [-0.39, 0.29) is 5.97 Å². The van der Waals surface area contributed by atoms with Gasteiger partial charge in [-0.25, -0.2) is 0 Å². The lowest BCUT2D eigenvalue weighted by atomic mass is 10.1. The molecule has 0 aromatic heterocycles. The lowest BCUT2D eigenvalue weighted by Gasteiger charge is -2.13. The molecule has 0 bridgehead atoms. The standard InChI is InChI=1S/C14H21NO3/c1-4-17-14(16)12(15)8-9-18-13-7-5-6-10(2)11(13)3/h5-7,12H,4,8-9,15H2,1-3H3. The Bertz CT molecular complexity index is 404. The fourth-order valence-corrected chi connectivity index (χ4v) is 1.54. The van der Waals surface area contributed by atoms with Gasteiger partial charge < -0.3 is 15.2 Å². The molecule has 100 valence electrons. The van der Waals surface area contributed by atoms with Crippen LogP contribution in [0, 0.1) is 13.8 Å². The Balaban J connectivity index is 2.42. The molecule has 0 aliphatic rings. The molecule has 1 unspecified atom stereocenters. The molecule has 1 aromatic carbocycles. The molecule has 1 atom stereocenters. The fourth-order valence-electron chi connectivity index (χ4n) is 1.54. The highest BCUT2D eigenvalue weighted by molar-refractivity contribution is 5.75. The van der Waals surface area contributed by atoms with Crippen LogP contribution in [0.1, 0.15) is 24.5 Å². The zero-order chi connectivity index (χ0) is 13.5. The van der Waals surface area contributed by atoms with Crippen molar-refractivity contribution in [1.29, 1.82) is 0 Å². The minimum Gasteiger partial charge on any atom is -0.493 e. The van der Waals surface area contributed by atoms with Gasteiger partial charge in [0.15, 0.2) is 0 Å². The van der Waals surface area contributed by atoms with Crippen molar-refractivity contribution in [2.75, 3.05) is 13.2 Å². The molecule has 18 heavy (non-hydrogen) atoms. The van der Waals surface area contributed by atoms with Crippen LogP contribution in [0.2, 0.25) is 0 Å². The van der Waals surface area contributed by atoms with E-state index in [0.29, 0.717) is 19.6 Å². The molecule has 1 aromatic rings. The molecule has 4 nitrogen and oxygen atoms in total. The van der Waals surface area contributed by atoms with Crippen molar-refractivity contribution in [3.63, 3.8) is 0 Å². The topological polar surface area (TPSA) is 61.5 Å². The van der Waals surface area contributed by atoms with Crippen LogP contribution in [0.5, 0.6) is 5.75 Å². The smallest absolute Gasteiger partial charge is 0.323 e. The molecule has 0 saturated carbocycles. The average Bonchev–Trinajstić information content (AvgIpc) is 2.34. The number of hydrogen-bond acceptors (Lipinski definition) is 4. The minimum atomic E-state index is -0.616. The summed E-state index contributed by atoms with van der Waals surface area (Å²) in [5.74, 6) is 0.466. The summed E-state index contributed by atoms with van der Waals surface area (Å²) >= 11 is 0. The highest BCUT2D eigenvalue weighted by Crippen LogP contribution is 2.20. The number of rotatable bonds is 6. The van der Waals surface area contributed by atoms with E-state index in [2.05, 4.69) is 0 Å². The molecular formula is C14H21NO3. The zero-order valence-electron chi connectivity index (χ0n) is 11.2. The van der Waals surface area contributed by atoms with Crippen molar-refractivity contribution in [1.82, 2.24) is 0 Å². The molecule has 0 fully saturated rings. The molecule has 4 heteroatoms. The third-order valence-electron chi connectivity index (χ3n) is 2.83. The summed E-state index contributed by atoms with van der Waals surface area (Å²) in [7, 11) is 0. The van der Waals surface area contributed by atoms with E-state index < -0.39 is 6.04 Å². The SMILES string of the molecule is CCOC(=O)C(N)CCOc1cccc(C)c1C. The first kappa shape index (κ1) is 14.5. The van der Waals surface area contributed by atoms with Gasteiger partial charge in [0.25, 0.3) is 0 Å². The van der Waals surface area contributed by atoms with E-state index in [9.17, 15) is 4.79 Å². The summed E-state index contributed by atoms with van der Waals surface area (Å²) in [6, 6.07) is 5.28. The molecule has 0 amide bonds. The Morgan fingerprint density at radius 2 is 2.11 bits per heavy atom. The Hall–Kier alpha value is -1.55. The first-order chi connectivity index (χ1) is 8.56. The quantitative estimate of drug-likeness (QED) is 0.785. The summed E-state index contributed by atoms with van der Waals surface area (Å²) < 4.78 is 10.5. The van der Waals surface area contributed by atoms with Crippen LogP contribution in [0.15, 0.2) is 18.2 Å². The Morgan fingerprint density at radius 3 is 2.78 bits per heavy atom. The molecule has 0 aliphatic heterocycles. The summed E-state index contributed by atoms with van der Waals surface area (Å²) in [5, 5.41) is 0. The predicted octanol–water partition coefficient (Wildman–Crippen LogP) is 1.96. The molecule has 0 aliphatic carbocycles. The summed E-state index contributed by atoms with van der Waals surface area (Å²) in [5.41, 5.74) is 7.98. The number of esters is 1. The van der Waals surface area contributed by atoms with E-state index >= 15 is 0 Å². The maximum Gasteiger partial charge on any atom is 0.323 e. The van der Waals surface area contributed by atoms with Crippen molar-refractivity contribution < 1.29 is 14.3 Å². The second-order valence-corrected chi connectivity index (χ2v) is 4.19. The summed E-state index contributed by atoms with van der Waals surface area (Å²) in [6.07, 6.45) is 0.451. The lowest BCUT2D eigenvalue weighted by Crippen LogP contribution is -2.33. The molecule has 0 spiro atoms. The van der Waals surface area contributed by atoms with Crippen molar-refractivity contribution in [3.05, 3.63) is 29.3 Å². The van der Waals surface area contributed by atoms with Crippen LogP contribution in [0.3, 0.4) is 0 Å². The van der Waals surface area contributed by atoms with Gasteiger partial charge >= 0.3 is 5.97 Å². The van der Waals surface area contributed by atoms with Gasteiger partial charge in [0.2, 0.25) is 0 Å². The van der Waals surface area contributed by atoms with Crippen molar-refractivity contribution in [2.45, 2.75) is 33.2 Å². The second-order valence-electron chi connectivity index (χ2n) is 4.19. The average molecular weight is 251 g/mol. The number of hydrogen-bond donors (Lipinski definition) is 1. The summed E-state index contributed by atoms with van der Waals surface area (Å²) in [6.45, 7) is 6.56. The van der Waals surface area contributed by atoms with E-state index in [1.807, 2.05) is 32.0 Å². The Morgan fingerprint density at radius 1 is 1.39 bits per heavy atom. The first-order valence-electron chi connectivity index (χ1n) is 6.17. The largest absolute Gasteiger partial charge is 0.493 e. The third-order valence-corrected chi connectivity index (χ3v) is 2.83. The van der Waals surface area contributed by atoms with Gasteiger partial charge in [-0.2, -0.15) is 0 Å². The predicted molar refractivity (Wildman–Crippen MR) is 70.6 cm³/mol. The monoisotopic (exact) mass is 251 g/mol. The number of carbonyl (C=O) groups excluding carboxylic acids is 1. The van der Waals surface area contributed by atoms with Crippen molar-refractivity contribution >= 4 is 5.97 Å². The van der Waals surface area contributed by atoms with Gasteiger partial charge in [-0.15, -0.1) is 0 Å². The van der Waals surface area contributed by atoms with Crippen LogP contribution in [-0.2, 0) is 9.53 Å². The van der Waals surface area contributed by atoms with Gasteiger partial charge in [-0.05, 0) is 38.0 Å². The number of ether oxygens (including phenoxy) is 2. The van der Waals surface area contributed by atoms with E-state index in [1.165, 1.54) is 5.56 Å². The number of benzene rings is 1. The Kier molecular flexibility index (Phi) is 5.65. The van der Waals surface area contributed by atoms with Gasteiger partial charge in [0.1, 0.15) is 11.8 Å². The molecule has 0 saturated heterocycles. The molecule has 0 heterocycles. The maximum absolute atomic E-state index is 11.3. The van der Waals surface area contributed by atoms with E-state index in [1.54, 1.807) is 6.92 Å². The van der Waals surface area contributed by atoms with Gasteiger partial charge in [-0.3, -0.25) is 4.79 Å². The molecule has 1 rings (SSSR count). The zero-order valence-corrected chi connectivity index (χ0v) is 11.2. The number of carbonyl (C=O) groups is 1. The fraction of sp³-hybridized carbons (Fsp3) is 0.500. The summed E-state index contributed by atoms with van der Waals surface area (Å²) in [4.78, 5) is 11.3. The third kappa shape index (κ3) is 4.04. The second kappa shape index (κ2) is 7.01. The van der Waals surface area contributed by atoms with Gasteiger partial charge in [-0.1, -0.05) is 12.1 Å². The molecule has 2 N–H and O–H groups in total. The lowest BCUT2D eigenvalue weighted by molar-refractivity contribution is -0.145. The number of nitrogens with two attached hydrogens (primary N) is 1. The minimum absolute atomic E-state index is 0.352. The van der Waals surface area contributed by atoms with Crippen molar-refractivity contribution in [3.8, 4) is 5.75 Å². The van der Waals surface area contributed by atoms with Crippen LogP contribution in [-0.4, -0.2) is 25.2 Å².